The highest BCUT2D eigenvalue weighted by molar-refractivity contribution is 6.35. The highest BCUT2D eigenvalue weighted by Gasteiger charge is 2.31. The summed E-state index contributed by atoms with van der Waals surface area (Å²) in [6.07, 6.45) is -4.50. The normalized spacial score (nSPS) is 13.1. The second-order valence-corrected chi connectivity index (χ2v) is 7.36. The Kier molecular flexibility index (Phi) is 5.59. The van der Waals surface area contributed by atoms with Gasteiger partial charge in [-0.05, 0) is 35.9 Å². The third-order valence-corrected chi connectivity index (χ3v) is 5.00. The van der Waals surface area contributed by atoms with Crippen molar-refractivity contribution in [2.24, 2.45) is 5.92 Å². The highest BCUT2D eigenvalue weighted by Crippen LogP contribution is 2.33. The van der Waals surface area contributed by atoms with Crippen molar-refractivity contribution in [3.05, 3.63) is 63.3 Å². The van der Waals surface area contributed by atoms with Crippen LogP contribution in [0.3, 0.4) is 0 Å². The van der Waals surface area contributed by atoms with Crippen LogP contribution in [-0.2, 0) is 23.9 Å². The predicted octanol–water partition coefficient (Wildman–Crippen LogP) is 5.67. The first-order valence-electron chi connectivity index (χ1n) is 8.29. The maximum atomic E-state index is 13.1. The van der Waals surface area contributed by atoms with E-state index in [1.54, 1.807) is 18.2 Å². The number of hydrogen-bond donors (Lipinski definition) is 1. The van der Waals surface area contributed by atoms with Gasteiger partial charge in [0.1, 0.15) is 0 Å². The van der Waals surface area contributed by atoms with Gasteiger partial charge in [-0.1, -0.05) is 36.2 Å². The van der Waals surface area contributed by atoms with Gasteiger partial charge in [-0.3, -0.25) is 9.48 Å². The molecule has 1 heterocycles. The van der Waals surface area contributed by atoms with Crippen LogP contribution in [0, 0.1) is 5.92 Å². The molecule has 148 valence electrons. The van der Waals surface area contributed by atoms with Crippen molar-refractivity contribution in [1.82, 2.24) is 9.78 Å². The summed E-state index contributed by atoms with van der Waals surface area (Å²) in [4.78, 5) is 11.2. The molecule has 1 N–H and O–H groups in total. The lowest BCUT2D eigenvalue weighted by atomic mass is 10.0. The maximum Gasteiger partial charge on any atom is 0.416 e. The summed E-state index contributed by atoms with van der Waals surface area (Å²) in [5.74, 6) is -1.84. The fraction of sp³-hybridized carbons (Fsp3) is 0.263. The van der Waals surface area contributed by atoms with Crippen molar-refractivity contribution in [3.8, 4) is 0 Å². The zero-order chi connectivity index (χ0) is 20.6. The van der Waals surface area contributed by atoms with E-state index >= 15 is 0 Å². The Morgan fingerprint density at radius 3 is 2.54 bits per heavy atom. The average molecular weight is 431 g/mol. The first-order valence-corrected chi connectivity index (χ1v) is 9.05. The van der Waals surface area contributed by atoms with Gasteiger partial charge in [-0.25, -0.2) is 0 Å². The van der Waals surface area contributed by atoms with Gasteiger partial charge in [0, 0.05) is 21.9 Å². The molecule has 9 heteroatoms. The number of rotatable bonds is 5. The van der Waals surface area contributed by atoms with Crippen LogP contribution in [0.25, 0.3) is 10.9 Å². The number of carboxylic acids is 1. The van der Waals surface area contributed by atoms with E-state index in [4.69, 9.17) is 28.3 Å². The van der Waals surface area contributed by atoms with Gasteiger partial charge in [0.25, 0.3) is 0 Å². The van der Waals surface area contributed by atoms with Gasteiger partial charge in [0.15, 0.2) is 0 Å². The molecule has 0 saturated heterocycles. The van der Waals surface area contributed by atoms with Crippen molar-refractivity contribution in [1.29, 1.82) is 0 Å². The van der Waals surface area contributed by atoms with E-state index in [2.05, 4.69) is 5.10 Å². The third kappa shape index (κ3) is 4.25. The molecule has 3 rings (SSSR count). The highest BCUT2D eigenvalue weighted by atomic mass is 35.5. The van der Waals surface area contributed by atoms with Crippen LogP contribution in [0.5, 0.6) is 0 Å². The monoisotopic (exact) mass is 430 g/mol. The summed E-state index contributed by atoms with van der Waals surface area (Å²) in [5, 5.41) is 14.7. The summed E-state index contributed by atoms with van der Waals surface area (Å²) in [6.45, 7) is 1.69. The molecule has 28 heavy (non-hydrogen) atoms. The van der Waals surface area contributed by atoms with Crippen molar-refractivity contribution in [3.63, 3.8) is 0 Å². The van der Waals surface area contributed by atoms with E-state index in [1.165, 1.54) is 17.7 Å². The number of alkyl halides is 3. The largest absolute Gasteiger partial charge is 0.481 e. The molecule has 1 unspecified atom stereocenters. The van der Waals surface area contributed by atoms with Crippen LogP contribution in [0.15, 0.2) is 36.4 Å². The Hall–Kier alpha value is -2.25. The smallest absolute Gasteiger partial charge is 0.416 e. The summed E-state index contributed by atoms with van der Waals surface area (Å²) in [5.41, 5.74) is 0.634. The molecule has 0 amide bonds. The van der Waals surface area contributed by atoms with Crippen LogP contribution in [-0.4, -0.2) is 20.9 Å². The first kappa shape index (κ1) is 20.5. The van der Waals surface area contributed by atoms with Gasteiger partial charge in [0.05, 0.1) is 29.2 Å². The van der Waals surface area contributed by atoms with E-state index < -0.39 is 23.6 Å². The van der Waals surface area contributed by atoms with E-state index in [0.29, 0.717) is 26.8 Å². The molecular formula is C19H15Cl2F3N2O2. The molecule has 0 aliphatic heterocycles. The minimum absolute atomic E-state index is 0.00843. The van der Waals surface area contributed by atoms with Crippen molar-refractivity contribution >= 4 is 40.1 Å². The number of halogens is 5. The molecule has 0 bridgehead atoms. The lowest BCUT2D eigenvalue weighted by Crippen LogP contribution is -2.13. The number of aromatic nitrogens is 2. The van der Waals surface area contributed by atoms with Crippen molar-refractivity contribution in [2.75, 3.05) is 0 Å². The SMILES string of the molecule is CC(Cc1nn(Cc2ccc(Cl)cc2Cl)c2ccc(C(F)(F)F)cc12)C(=O)O. The molecule has 1 atom stereocenters. The molecule has 0 aliphatic rings. The van der Waals surface area contributed by atoms with Gasteiger partial charge in [-0.15, -0.1) is 0 Å². The fourth-order valence-corrected chi connectivity index (χ4v) is 3.35. The number of carboxylic acid groups (broad SMARTS) is 1. The Balaban J connectivity index is 2.10. The number of benzene rings is 2. The topological polar surface area (TPSA) is 55.1 Å². The minimum atomic E-state index is -4.51. The lowest BCUT2D eigenvalue weighted by Gasteiger charge is -2.08. The van der Waals surface area contributed by atoms with Crippen LogP contribution < -0.4 is 0 Å². The van der Waals surface area contributed by atoms with Gasteiger partial charge < -0.3 is 5.11 Å². The molecule has 0 radical (unpaired) electrons. The van der Waals surface area contributed by atoms with Crippen LogP contribution in [0.1, 0.15) is 23.7 Å². The predicted molar refractivity (Wildman–Crippen MR) is 101 cm³/mol. The van der Waals surface area contributed by atoms with E-state index in [1.807, 2.05) is 0 Å². The summed E-state index contributed by atoms with van der Waals surface area (Å²) in [7, 11) is 0. The summed E-state index contributed by atoms with van der Waals surface area (Å²) >= 11 is 12.1. The van der Waals surface area contributed by atoms with E-state index in [0.717, 1.165) is 12.1 Å². The molecule has 0 aliphatic carbocycles. The third-order valence-electron chi connectivity index (χ3n) is 4.41. The van der Waals surface area contributed by atoms with Crippen molar-refractivity contribution in [2.45, 2.75) is 26.1 Å². The van der Waals surface area contributed by atoms with Gasteiger partial charge >= 0.3 is 12.1 Å². The molecule has 0 saturated carbocycles. The minimum Gasteiger partial charge on any atom is -0.481 e. The standard InChI is InChI=1S/C19H15Cl2F3N2O2/c1-10(18(27)28)6-16-14-7-12(19(22,23)24)3-5-17(14)26(25-16)9-11-2-4-13(20)8-15(11)21/h2-5,7-8,10H,6,9H2,1H3,(H,27,28). The molecule has 3 aromatic rings. The molecule has 4 nitrogen and oxygen atoms in total. The summed E-state index contributed by atoms with van der Waals surface area (Å²) in [6, 6.07) is 8.26. The number of carbonyl (C=O) groups is 1. The zero-order valence-electron chi connectivity index (χ0n) is 14.6. The molecule has 0 fully saturated rings. The zero-order valence-corrected chi connectivity index (χ0v) is 16.1. The van der Waals surface area contributed by atoms with Gasteiger partial charge in [-0.2, -0.15) is 18.3 Å². The van der Waals surface area contributed by atoms with Crippen molar-refractivity contribution < 1.29 is 23.1 Å². The van der Waals surface area contributed by atoms with E-state index in [9.17, 15) is 18.0 Å². The number of aliphatic carboxylic acids is 1. The summed E-state index contributed by atoms with van der Waals surface area (Å²) < 4.78 is 40.9. The Morgan fingerprint density at radius 2 is 1.93 bits per heavy atom. The first-order chi connectivity index (χ1) is 13.1. The molecule has 1 aromatic heterocycles. The number of fused-ring (bicyclic) bond motifs is 1. The van der Waals surface area contributed by atoms with E-state index in [-0.39, 0.29) is 18.4 Å². The van der Waals surface area contributed by atoms with Crippen LogP contribution in [0.2, 0.25) is 10.0 Å². The molecular weight excluding hydrogens is 416 g/mol. The quantitative estimate of drug-likeness (QED) is 0.566. The Morgan fingerprint density at radius 1 is 1.21 bits per heavy atom. The Labute approximate surface area is 168 Å². The van der Waals surface area contributed by atoms with Crippen LogP contribution in [0.4, 0.5) is 13.2 Å². The fourth-order valence-electron chi connectivity index (χ4n) is 2.88. The second-order valence-electron chi connectivity index (χ2n) is 6.51. The number of hydrogen-bond acceptors (Lipinski definition) is 2. The number of nitrogens with zero attached hydrogens (tertiary/aromatic N) is 2. The molecule has 2 aromatic carbocycles. The Bertz CT molecular complexity index is 1050. The average Bonchev–Trinajstić information content (AvgIpc) is 2.93. The van der Waals surface area contributed by atoms with Crippen LogP contribution >= 0.6 is 23.2 Å². The lowest BCUT2D eigenvalue weighted by molar-refractivity contribution is -0.141. The van der Waals surface area contributed by atoms with Gasteiger partial charge in [0.2, 0.25) is 0 Å². The molecule has 0 spiro atoms. The maximum absolute atomic E-state index is 13.1. The second kappa shape index (κ2) is 7.64.